The number of ether oxygens (including phenoxy) is 1. The zero-order valence-corrected chi connectivity index (χ0v) is 14.9. The van der Waals surface area contributed by atoms with Crippen molar-refractivity contribution in [3.63, 3.8) is 0 Å². The van der Waals surface area contributed by atoms with Crippen LogP contribution in [0.4, 0.5) is 4.39 Å². The summed E-state index contributed by atoms with van der Waals surface area (Å²) in [6.45, 7) is 0. The number of benzene rings is 2. The van der Waals surface area contributed by atoms with E-state index in [4.69, 9.17) is 10.5 Å². The Morgan fingerprint density at radius 3 is 2.73 bits per heavy atom. The van der Waals surface area contributed by atoms with Crippen molar-refractivity contribution >= 4 is 15.9 Å². The van der Waals surface area contributed by atoms with Gasteiger partial charge in [-0.05, 0) is 23.8 Å². The second-order valence-corrected chi connectivity index (χ2v) is 6.69. The molecule has 2 heterocycles. The molecule has 1 aliphatic rings. The Hall–Kier alpha value is -3.11. The van der Waals surface area contributed by atoms with E-state index in [2.05, 4.69) is 32.2 Å². The summed E-state index contributed by atoms with van der Waals surface area (Å²) in [7, 11) is 0. The molecule has 0 saturated heterocycles. The Balaban J connectivity index is 2.00. The number of H-pyrrole nitrogens is 1. The van der Waals surface area contributed by atoms with Crippen LogP contribution < -0.4 is 10.5 Å². The molecule has 0 bridgehead atoms. The van der Waals surface area contributed by atoms with Crippen LogP contribution in [0.3, 0.4) is 0 Å². The van der Waals surface area contributed by atoms with Crippen LogP contribution in [-0.4, -0.2) is 10.2 Å². The van der Waals surface area contributed by atoms with E-state index in [0.717, 1.165) is 5.56 Å². The predicted octanol–water partition coefficient (Wildman–Crippen LogP) is 4.20. The molecule has 0 radical (unpaired) electrons. The second kappa shape index (κ2) is 6.32. The number of nitriles is 1. The van der Waals surface area contributed by atoms with Crippen LogP contribution in [0.15, 0.2) is 64.5 Å². The van der Waals surface area contributed by atoms with E-state index in [-0.39, 0.29) is 17.3 Å². The number of aromatic amines is 1. The van der Waals surface area contributed by atoms with Crippen molar-refractivity contribution in [1.29, 1.82) is 5.26 Å². The van der Waals surface area contributed by atoms with Gasteiger partial charge in [0.2, 0.25) is 11.8 Å². The standard InChI is InChI=1S/C19H12BrFN4O/c20-11-6-7-14(21)12(8-11)15-13(9-22)18(23)26-19-16(15)17(24-25-19)10-4-2-1-3-5-10/h1-8,15H,23H2,(H,24,25)/t15-/m0/s1. The van der Waals surface area contributed by atoms with Crippen molar-refractivity contribution in [2.75, 3.05) is 0 Å². The van der Waals surface area contributed by atoms with E-state index in [1.165, 1.54) is 6.07 Å². The van der Waals surface area contributed by atoms with E-state index in [9.17, 15) is 9.65 Å². The topological polar surface area (TPSA) is 87.7 Å². The number of hydrogen-bond acceptors (Lipinski definition) is 4. The van der Waals surface area contributed by atoms with Gasteiger partial charge in [-0.2, -0.15) is 5.26 Å². The summed E-state index contributed by atoms with van der Waals surface area (Å²) in [6.07, 6.45) is 0. The summed E-state index contributed by atoms with van der Waals surface area (Å²) in [5.41, 5.74) is 8.47. The van der Waals surface area contributed by atoms with Gasteiger partial charge in [-0.25, -0.2) is 4.39 Å². The predicted molar refractivity (Wildman–Crippen MR) is 97.4 cm³/mol. The van der Waals surface area contributed by atoms with Crippen molar-refractivity contribution in [2.24, 2.45) is 5.73 Å². The minimum atomic E-state index is -0.727. The minimum Gasteiger partial charge on any atom is -0.420 e. The molecule has 1 aliphatic heterocycles. The van der Waals surface area contributed by atoms with Crippen LogP contribution in [0, 0.1) is 17.1 Å². The van der Waals surface area contributed by atoms with Crippen LogP contribution in [0.1, 0.15) is 17.0 Å². The molecule has 0 unspecified atom stereocenters. The summed E-state index contributed by atoms with van der Waals surface area (Å²) < 4.78 is 20.9. The molecule has 2 aromatic carbocycles. The fraction of sp³-hybridized carbons (Fsp3) is 0.0526. The number of nitrogens with one attached hydrogen (secondary N) is 1. The summed E-state index contributed by atoms with van der Waals surface area (Å²) in [4.78, 5) is 0. The lowest BCUT2D eigenvalue weighted by molar-refractivity contribution is 0.378. The lowest BCUT2D eigenvalue weighted by atomic mass is 9.83. The van der Waals surface area contributed by atoms with E-state index in [0.29, 0.717) is 21.3 Å². The Labute approximate surface area is 157 Å². The molecule has 1 atom stereocenters. The zero-order chi connectivity index (χ0) is 18.3. The van der Waals surface area contributed by atoms with Gasteiger partial charge in [0.15, 0.2) is 0 Å². The highest BCUT2D eigenvalue weighted by Crippen LogP contribution is 2.46. The summed E-state index contributed by atoms with van der Waals surface area (Å²) in [5, 5.41) is 16.8. The van der Waals surface area contributed by atoms with Crippen LogP contribution >= 0.6 is 15.9 Å². The van der Waals surface area contributed by atoms with Gasteiger partial charge >= 0.3 is 0 Å². The second-order valence-electron chi connectivity index (χ2n) is 5.77. The van der Waals surface area contributed by atoms with Gasteiger partial charge in [0, 0.05) is 10.0 Å². The molecule has 1 aromatic heterocycles. The zero-order valence-electron chi connectivity index (χ0n) is 13.3. The Kier molecular flexibility index (Phi) is 3.98. The highest BCUT2D eigenvalue weighted by atomic mass is 79.9. The Morgan fingerprint density at radius 1 is 1.23 bits per heavy atom. The minimum absolute atomic E-state index is 0.0736. The Bertz CT molecular complexity index is 1070. The number of aromatic nitrogens is 2. The van der Waals surface area contributed by atoms with Gasteiger partial charge in [-0.1, -0.05) is 46.3 Å². The summed E-state index contributed by atoms with van der Waals surface area (Å²) in [6, 6.07) is 16.1. The van der Waals surface area contributed by atoms with E-state index >= 15 is 0 Å². The van der Waals surface area contributed by atoms with Crippen LogP contribution in [0.2, 0.25) is 0 Å². The quantitative estimate of drug-likeness (QED) is 0.662. The van der Waals surface area contributed by atoms with Crippen molar-refractivity contribution in [3.05, 3.63) is 81.4 Å². The highest BCUT2D eigenvalue weighted by molar-refractivity contribution is 9.10. The smallest absolute Gasteiger partial charge is 0.244 e. The molecular weight excluding hydrogens is 399 g/mol. The first-order valence-corrected chi connectivity index (χ1v) is 8.55. The first-order valence-electron chi connectivity index (χ1n) is 7.76. The maximum Gasteiger partial charge on any atom is 0.244 e. The number of halogens is 2. The fourth-order valence-corrected chi connectivity index (χ4v) is 3.50. The van der Waals surface area contributed by atoms with Gasteiger partial charge in [0.1, 0.15) is 17.5 Å². The number of nitrogens with zero attached hydrogens (tertiary/aromatic N) is 2. The number of nitrogens with two attached hydrogens (primary N) is 1. The summed E-state index contributed by atoms with van der Waals surface area (Å²) in [5.74, 6) is -0.998. The third-order valence-electron chi connectivity index (χ3n) is 4.27. The number of allylic oxidation sites excluding steroid dienone is 1. The van der Waals surface area contributed by atoms with E-state index in [1.54, 1.807) is 12.1 Å². The third kappa shape index (κ3) is 2.55. The Morgan fingerprint density at radius 2 is 2.00 bits per heavy atom. The van der Waals surface area contributed by atoms with Gasteiger partial charge in [-0.15, -0.1) is 5.10 Å². The molecule has 3 aromatic rings. The molecule has 128 valence electrons. The number of hydrogen-bond donors (Lipinski definition) is 2. The fourth-order valence-electron chi connectivity index (χ4n) is 3.12. The molecule has 0 spiro atoms. The van der Waals surface area contributed by atoms with Crippen molar-refractivity contribution in [3.8, 4) is 23.2 Å². The molecule has 4 rings (SSSR count). The van der Waals surface area contributed by atoms with Gasteiger partial charge in [0.25, 0.3) is 0 Å². The molecular formula is C19H12BrFN4O. The van der Waals surface area contributed by atoms with Crippen molar-refractivity contribution < 1.29 is 9.13 Å². The molecule has 0 saturated carbocycles. The number of fused-ring (bicyclic) bond motifs is 1. The maximum absolute atomic E-state index is 14.7. The van der Waals surface area contributed by atoms with Crippen LogP contribution in [-0.2, 0) is 0 Å². The lowest BCUT2D eigenvalue weighted by Gasteiger charge is -2.24. The molecule has 0 amide bonds. The maximum atomic E-state index is 14.7. The monoisotopic (exact) mass is 410 g/mol. The molecule has 26 heavy (non-hydrogen) atoms. The first-order chi connectivity index (χ1) is 12.6. The average molecular weight is 411 g/mol. The third-order valence-corrected chi connectivity index (χ3v) is 4.76. The largest absolute Gasteiger partial charge is 0.420 e. The van der Waals surface area contributed by atoms with E-state index < -0.39 is 11.7 Å². The normalized spacial score (nSPS) is 16.0. The first kappa shape index (κ1) is 16.4. The average Bonchev–Trinajstić information content (AvgIpc) is 3.06. The number of rotatable bonds is 2. The molecule has 3 N–H and O–H groups in total. The van der Waals surface area contributed by atoms with E-state index in [1.807, 2.05) is 30.3 Å². The van der Waals surface area contributed by atoms with Crippen LogP contribution in [0.25, 0.3) is 11.3 Å². The summed E-state index contributed by atoms with van der Waals surface area (Å²) >= 11 is 3.36. The van der Waals surface area contributed by atoms with Gasteiger partial charge < -0.3 is 10.5 Å². The van der Waals surface area contributed by atoms with Crippen molar-refractivity contribution in [1.82, 2.24) is 10.2 Å². The SMILES string of the molecule is N#CC1=C(N)Oc2n[nH]c(-c3ccccc3)c2[C@H]1c1cc(Br)ccc1F. The molecule has 5 nitrogen and oxygen atoms in total. The van der Waals surface area contributed by atoms with Crippen molar-refractivity contribution in [2.45, 2.75) is 5.92 Å². The highest BCUT2D eigenvalue weighted by Gasteiger charge is 2.37. The van der Waals surface area contributed by atoms with Crippen LogP contribution in [0.5, 0.6) is 5.88 Å². The van der Waals surface area contributed by atoms with Gasteiger partial charge in [0.05, 0.1) is 17.2 Å². The van der Waals surface area contributed by atoms with Gasteiger partial charge in [-0.3, -0.25) is 5.10 Å². The molecule has 0 fully saturated rings. The molecule has 0 aliphatic carbocycles. The lowest BCUT2D eigenvalue weighted by Crippen LogP contribution is -2.21. The molecule has 7 heteroatoms.